The van der Waals surface area contributed by atoms with Gasteiger partial charge in [-0.05, 0) is 38.6 Å². The SMILES string of the molecule is CCc1ccc(C2CC(NC)c3cc(C)ccc3O2)s1. The summed E-state index contributed by atoms with van der Waals surface area (Å²) >= 11 is 1.88. The van der Waals surface area contributed by atoms with Crippen LogP contribution in [0.5, 0.6) is 5.75 Å². The molecule has 0 spiro atoms. The number of benzene rings is 1. The van der Waals surface area contributed by atoms with Gasteiger partial charge in [-0.15, -0.1) is 11.3 Å². The van der Waals surface area contributed by atoms with E-state index in [1.54, 1.807) is 0 Å². The van der Waals surface area contributed by atoms with Crippen LogP contribution in [0, 0.1) is 6.92 Å². The molecule has 1 aromatic heterocycles. The van der Waals surface area contributed by atoms with Crippen LogP contribution < -0.4 is 10.1 Å². The van der Waals surface area contributed by atoms with Crippen molar-refractivity contribution in [2.75, 3.05) is 7.05 Å². The highest BCUT2D eigenvalue weighted by Crippen LogP contribution is 2.42. The zero-order valence-electron chi connectivity index (χ0n) is 12.3. The zero-order valence-corrected chi connectivity index (χ0v) is 13.1. The molecule has 0 saturated carbocycles. The van der Waals surface area contributed by atoms with Gasteiger partial charge in [0.15, 0.2) is 0 Å². The highest BCUT2D eigenvalue weighted by molar-refractivity contribution is 7.12. The molecule has 0 bridgehead atoms. The number of rotatable bonds is 3. The Morgan fingerprint density at radius 1 is 1.30 bits per heavy atom. The number of aryl methyl sites for hydroxylation is 2. The van der Waals surface area contributed by atoms with Gasteiger partial charge in [-0.2, -0.15) is 0 Å². The van der Waals surface area contributed by atoms with E-state index in [1.165, 1.54) is 20.9 Å². The largest absolute Gasteiger partial charge is 0.484 e. The van der Waals surface area contributed by atoms with Crippen molar-refractivity contribution >= 4 is 11.3 Å². The van der Waals surface area contributed by atoms with Gasteiger partial charge in [0, 0.05) is 27.8 Å². The number of fused-ring (bicyclic) bond motifs is 1. The first-order valence-corrected chi connectivity index (χ1v) is 8.06. The van der Waals surface area contributed by atoms with Crippen molar-refractivity contribution in [3.8, 4) is 5.75 Å². The van der Waals surface area contributed by atoms with Crippen molar-refractivity contribution in [3.63, 3.8) is 0 Å². The molecular weight excluding hydrogens is 266 g/mol. The maximum atomic E-state index is 6.23. The van der Waals surface area contributed by atoms with Crippen LogP contribution in [0.3, 0.4) is 0 Å². The Kier molecular flexibility index (Phi) is 3.81. The van der Waals surface area contributed by atoms with E-state index in [2.05, 4.69) is 49.5 Å². The van der Waals surface area contributed by atoms with Crippen LogP contribution in [0.2, 0.25) is 0 Å². The molecule has 1 aliphatic heterocycles. The lowest BCUT2D eigenvalue weighted by atomic mass is 9.94. The Morgan fingerprint density at radius 3 is 2.85 bits per heavy atom. The maximum Gasteiger partial charge on any atom is 0.135 e. The van der Waals surface area contributed by atoms with Crippen molar-refractivity contribution in [2.45, 2.75) is 38.8 Å². The quantitative estimate of drug-likeness (QED) is 0.903. The molecule has 1 aliphatic rings. The molecule has 3 heteroatoms. The topological polar surface area (TPSA) is 21.3 Å². The van der Waals surface area contributed by atoms with Gasteiger partial charge in [0.1, 0.15) is 11.9 Å². The maximum absolute atomic E-state index is 6.23. The second-order valence-corrected chi connectivity index (χ2v) is 6.58. The van der Waals surface area contributed by atoms with Crippen LogP contribution in [-0.4, -0.2) is 7.05 Å². The van der Waals surface area contributed by atoms with Gasteiger partial charge < -0.3 is 10.1 Å². The summed E-state index contributed by atoms with van der Waals surface area (Å²) in [6, 6.07) is 11.3. The van der Waals surface area contributed by atoms with Crippen LogP contribution in [0.1, 0.15) is 46.4 Å². The van der Waals surface area contributed by atoms with E-state index in [1.807, 2.05) is 18.4 Å². The van der Waals surface area contributed by atoms with E-state index < -0.39 is 0 Å². The lowest BCUT2D eigenvalue weighted by molar-refractivity contribution is 0.157. The average Bonchev–Trinajstić information content (AvgIpc) is 2.95. The van der Waals surface area contributed by atoms with E-state index in [0.717, 1.165) is 18.6 Å². The van der Waals surface area contributed by atoms with Crippen molar-refractivity contribution in [2.24, 2.45) is 0 Å². The standard InChI is InChI=1S/C17H21NOS/c1-4-12-6-8-17(20-12)16-10-14(18-3)13-9-11(2)5-7-15(13)19-16/h5-9,14,16,18H,4,10H2,1-3H3. The summed E-state index contributed by atoms with van der Waals surface area (Å²) < 4.78 is 6.23. The molecule has 0 aliphatic carbocycles. The highest BCUT2D eigenvalue weighted by atomic mass is 32.1. The molecule has 2 aromatic rings. The number of ether oxygens (including phenoxy) is 1. The fourth-order valence-corrected chi connectivity index (χ4v) is 3.79. The van der Waals surface area contributed by atoms with Gasteiger partial charge >= 0.3 is 0 Å². The summed E-state index contributed by atoms with van der Waals surface area (Å²) in [5, 5.41) is 3.43. The van der Waals surface area contributed by atoms with Crippen molar-refractivity contribution in [3.05, 3.63) is 51.2 Å². The lowest BCUT2D eigenvalue weighted by Gasteiger charge is -2.32. The monoisotopic (exact) mass is 287 g/mol. The lowest BCUT2D eigenvalue weighted by Crippen LogP contribution is -2.26. The normalized spacial score (nSPS) is 21.4. The smallest absolute Gasteiger partial charge is 0.135 e. The Labute approximate surface area is 124 Å². The number of hydrogen-bond acceptors (Lipinski definition) is 3. The molecule has 20 heavy (non-hydrogen) atoms. The second kappa shape index (κ2) is 5.58. The Bertz CT molecular complexity index is 605. The Balaban J connectivity index is 1.92. The third-order valence-corrected chi connectivity index (χ3v) is 5.28. The molecular formula is C17H21NOS. The minimum atomic E-state index is 0.174. The molecule has 3 rings (SSSR count). The van der Waals surface area contributed by atoms with E-state index in [0.29, 0.717) is 6.04 Å². The fourth-order valence-electron chi connectivity index (χ4n) is 2.80. The fraction of sp³-hybridized carbons (Fsp3) is 0.412. The van der Waals surface area contributed by atoms with Crippen LogP contribution in [0.15, 0.2) is 30.3 Å². The predicted octanol–water partition coefficient (Wildman–Crippen LogP) is 4.40. The van der Waals surface area contributed by atoms with Crippen LogP contribution in [-0.2, 0) is 6.42 Å². The molecule has 0 radical (unpaired) electrons. The molecule has 1 aromatic carbocycles. The summed E-state index contributed by atoms with van der Waals surface area (Å²) in [5.41, 5.74) is 2.58. The minimum absolute atomic E-state index is 0.174. The van der Waals surface area contributed by atoms with Crippen LogP contribution in [0.4, 0.5) is 0 Å². The highest BCUT2D eigenvalue weighted by Gasteiger charge is 2.29. The number of hydrogen-bond donors (Lipinski definition) is 1. The Hall–Kier alpha value is -1.32. The molecule has 106 valence electrons. The first kappa shape index (κ1) is 13.7. The third-order valence-electron chi connectivity index (χ3n) is 3.96. The summed E-state index contributed by atoms with van der Waals surface area (Å²) in [4.78, 5) is 2.77. The van der Waals surface area contributed by atoms with Gasteiger partial charge in [-0.1, -0.05) is 24.6 Å². The predicted molar refractivity (Wildman–Crippen MR) is 84.7 cm³/mol. The minimum Gasteiger partial charge on any atom is -0.484 e. The molecule has 2 heterocycles. The van der Waals surface area contributed by atoms with Gasteiger partial charge in [0.2, 0.25) is 0 Å². The van der Waals surface area contributed by atoms with Crippen LogP contribution in [0.25, 0.3) is 0 Å². The molecule has 0 fully saturated rings. The van der Waals surface area contributed by atoms with Gasteiger partial charge in [0.25, 0.3) is 0 Å². The van der Waals surface area contributed by atoms with Crippen molar-refractivity contribution in [1.29, 1.82) is 0 Å². The summed E-state index contributed by atoms with van der Waals surface area (Å²) in [5.74, 6) is 1.03. The van der Waals surface area contributed by atoms with Crippen molar-refractivity contribution in [1.82, 2.24) is 5.32 Å². The molecule has 2 atom stereocenters. The van der Waals surface area contributed by atoms with Gasteiger partial charge in [-0.25, -0.2) is 0 Å². The number of thiophene rings is 1. The molecule has 2 unspecified atom stereocenters. The second-order valence-electron chi connectivity index (χ2n) is 5.38. The summed E-state index contributed by atoms with van der Waals surface area (Å²) in [6.07, 6.45) is 2.27. The van der Waals surface area contributed by atoms with E-state index in [9.17, 15) is 0 Å². The average molecular weight is 287 g/mol. The summed E-state index contributed by atoms with van der Waals surface area (Å²) in [6.45, 7) is 4.33. The van der Waals surface area contributed by atoms with Crippen LogP contribution >= 0.6 is 11.3 Å². The van der Waals surface area contributed by atoms with E-state index in [4.69, 9.17) is 4.74 Å². The van der Waals surface area contributed by atoms with E-state index in [-0.39, 0.29) is 6.10 Å². The summed E-state index contributed by atoms with van der Waals surface area (Å²) in [7, 11) is 2.03. The zero-order chi connectivity index (χ0) is 14.1. The number of nitrogens with one attached hydrogen (secondary N) is 1. The van der Waals surface area contributed by atoms with E-state index >= 15 is 0 Å². The Morgan fingerprint density at radius 2 is 2.15 bits per heavy atom. The first-order valence-electron chi connectivity index (χ1n) is 7.24. The molecule has 0 saturated heterocycles. The van der Waals surface area contributed by atoms with Gasteiger partial charge in [0.05, 0.1) is 0 Å². The van der Waals surface area contributed by atoms with Crippen molar-refractivity contribution < 1.29 is 4.74 Å². The third kappa shape index (κ3) is 2.48. The molecule has 1 N–H and O–H groups in total. The first-order chi connectivity index (χ1) is 9.71. The van der Waals surface area contributed by atoms with Gasteiger partial charge in [-0.3, -0.25) is 0 Å². The molecule has 0 amide bonds. The molecule has 2 nitrogen and oxygen atoms in total.